The van der Waals surface area contributed by atoms with E-state index in [-0.39, 0.29) is 28.7 Å². The van der Waals surface area contributed by atoms with E-state index in [0.29, 0.717) is 12.4 Å². The molecule has 2 aromatic rings. The van der Waals surface area contributed by atoms with Crippen LogP contribution in [0.3, 0.4) is 0 Å². The Morgan fingerprint density at radius 2 is 1.61 bits per heavy atom. The van der Waals surface area contributed by atoms with Gasteiger partial charge in [0.1, 0.15) is 5.75 Å². The van der Waals surface area contributed by atoms with Crippen LogP contribution in [-0.4, -0.2) is 52.5 Å². The molecule has 9 heteroatoms. The number of hydrogen-bond donors (Lipinski definition) is 1. The minimum Gasteiger partial charge on any atom is -0.494 e. The van der Waals surface area contributed by atoms with Crippen LogP contribution in [0.2, 0.25) is 0 Å². The Morgan fingerprint density at radius 3 is 2.14 bits per heavy atom. The number of amides is 1. The lowest BCUT2D eigenvalue weighted by atomic mass is 10.2. The largest absolute Gasteiger partial charge is 0.494 e. The zero-order valence-electron chi connectivity index (χ0n) is 15.8. The number of carbonyl (C=O) groups excluding carboxylic acids is 2. The van der Waals surface area contributed by atoms with Crippen LogP contribution in [0.5, 0.6) is 5.75 Å². The highest BCUT2D eigenvalue weighted by Gasteiger charge is 2.15. The molecular weight excluding hydrogens is 384 g/mol. The van der Waals surface area contributed by atoms with Crippen LogP contribution in [0.25, 0.3) is 0 Å². The first kappa shape index (κ1) is 21.2. The van der Waals surface area contributed by atoms with E-state index in [2.05, 4.69) is 4.72 Å². The van der Waals surface area contributed by atoms with Gasteiger partial charge in [-0.3, -0.25) is 9.52 Å². The Kier molecular flexibility index (Phi) is 7.00. The fourth-order valence-electron chi connectivity index (χ4n) is 2.11. The average Bonchev–Trinajstić information content (AvgIpc) is 2.66. The third-order valence-electron chi connectivity index (χ3n) is 3.64. The molecular formula is C19H22N2O6S. The van der Waals surface area contributed by atoms with Crippen LogP contribution in [-0.2, 0) is 19.6 Å². The summed E-state index contributed by atoms with van der Waals surface area (Å²) in [5.74, 6) is -0.429. The second-order valence-electron chi connectivity index (χ2n) is 5.95. The van der Waals surface area contributed by atoms with Crippen LogP contribution in [0.4, 0.5) is 5.69 Å². The first-order valence-corrected chi connectivity index (χ1v) is 9.94. The molecule has 150 valence electrons. The second-order valence-corrected chi connectivity index (χ2v) is 7.63. The molecule has 2 aromatic carbocycles. The van der Waals surface area contributed by atoms with Crippen LogP contribution < -0.4 is 9.46 Å². The third kappa shape index (κ3) is 5.71. The molecule has 0 fully saturated rings. The molecule has 0 unspecified atom stereocenters. The smallest absolute Gasteiger partial charge is 0.338 e. The fourth-order valence-corrected chi connectivity index (χ4v) is 3.17. The number of esters is 1. The van der Waals surface area contributed by atoms with Crippen LogP contribution in [0.15, 0.2) is 53.4 Å². The molecule has 0 radical (unpaired) electrons. The van der Waals surface area contributed by atoms with Gasteiger partial charge in [0.25, 0.3) is 15.9 Å². The monoisotopic (exact) mass is 406 g/mol. The zero-order chi connectivity index (χ0) is 20.7. The summed E-state index contributed by atoms with van der Waals surface area (Å²) in [7, 11) is -0.667. The van der Waals surface area contributed by atoms with Crippen molar-refractivity contribution in [1.29, 1.82) is 0 Å². The van der Waals surface area contributed by atoms with Gasteiger partial charge in [-0.2, -0.15) is 0 Å². The molecule has 0 aliphatic rings. The summed E-state index contributed by atoms with van der Waals surface area (Å²) in [6.45, 7) is 1.96. The Labute approximate surface area is 164 Å². The van der Waals surface area contributed by atoms with Crippen molar-refractivity contribution >= 4 is 27.6 Å². The van der Waals surface area contributed by atoms with Gasteiger partial charge >= 0.3 is 5.97 Å². The van der Waals surface area contributed by atoms with Crippen molar-refractivity contribution in [3.63, 3.8) is 0 Å². The minimum absolute atomic E-state index is 0.0848. The highest BCUT2D eigenvalue weighted by atomic mass is 32.2. The Hall–Kier alpha value is -3.07. The van der Waals surface area contributed by atoms with Gasteiger partial charge in [-0.05, 0) is 55.5 Å². The van der Waals surface area contributed by atoms with E-state index in [4.69, 9.17) is 9.47 Å². The standard InChI is InChI=1S/C19H22N2O6S/c1-4-26-16-9-11-17(12-10-16)28(24,25)20-15-7-5-14(6-8-15)19(23)27-13-18(22)21(2)3/h5-12,20H,4,13H2,1-3H3. The van der Waals surface area contributed by atoms with Gasteiger partial charge in [0.05, 0.1) is 17.1 Å². The molecule has 0 spiro atoms. The van der Waals surface area contributed by atoms with E-state index >= 15 is 0 Å². The van der Waals surface area contributed by atoms with Gasteiger partial charge in [0, 0.05) is 19.8 Å². The first-order chi connectivity index (χ1) is 13.2. The lowest BCUT2D eigenvalue weighted by molar-refractivity contribution is -0.131. The quantitative estimate of drug-likeness (QED) is 0.674. The molecule has 0 aromatic heterocycles. The molecule has 28 heavy (non-hydrogen) atoms. The maximum atomic E-state index is 12.4. The first-order valence-electron chi connectivity index (χ1n) is 8.46. The Bertz CT molecular complexity index is 922. The van der Waals surface area contributed by atoms with Crippen molar-refractivity contribution in [3.8, 4) is 5.75 Å². The maximum absolute atomic E-state index is 12.4. The average molecular weight is 406 g/mol. The highest BCUT2D eigenvalue weighted by Crippen LogP contribution is 2.20. The predicted octanol–water partition coefficient (Wildman–Crippen LogP) is 2.13. The number of nitrogens with one attached hydrogen (secondary N) is 1. The lowest BCUT2D eigenvalue weighted by Gasteiger charge is -2.11. The number of likely N-dealkylation sites (N-methyl/N-ethyl adjacent to an activating group) is 1. The molecule has 0 atom stereocenters. The van der Waals surface area contributed by atoms with Crippen molar-refractivity contribution in [2.75, 3.05) is 32.0 Å². The number of nitrogens with zero attached hydrogens (tertiary/aromatic N) is 1. The number of hydrogen-bond acceptors (Lipinski definition) is 6. The number of ether oxygens (including phenoxy) is 2. The van der Waals surface area contributed by atoms with Crippen LogP contribution in [0.1, 0.15) is 17.3 Å². The molecule has 0 saturated carbocycles. The van der Waals surface area contributed by atoms with Gasteiger partial charge in [-0.25, -0.2) is 13.2 Å². The zero-order valence-corrected chi connectivity index (χ0v) is 16.7. The van der Waals surface area contributed by atoms with E-state index in [1.807, 2.05) is 6.92 Å². The molecule has 0 aliphatic heterocycles. The summed E-state index contributed by atoms with van der Waals surface area (Å²) in [5.41, 5.74) is 0.491. The summed E-state index contributed by atoms with van der Waals surface area (Å²) in [6.07, 6.45) is 0. The van der Waals surface area contributed by atoms with Crippen molar-refractivity contribution in [3.05, 3.63) is 54.1 Å². The third-order valence-corrected chi connectivity index (χ3v) is 5.04. The number of anilines is 1. The highest BCUT2D eigenvalue weighted by molar-refractivity contribution is 7.92. The Morgan fingerprint density at radius 1 is 1.00 bits per heavy atom. The molecule has 0 bridgehead atoms. The van der Waals surface area contributed by atoms with Gasteiger partial charge in [-0.15, -0.1) is 0 Å². The van der Waals surface area contributed by atoms with E-state index in [1.54, 1.807) is 26.2 Å². The van der Waals surface area contributed by atoms with Gasteiger partial charge < -0.3 is 14.4 Å². The summed E-state index contributed by atoms with van der Waals surface area (Å²) in [4.78, 5) is 24.8. The fraction of sp³-hybridized carbons (Fsp3) is 0.263. The predicted molar refractivity (Wildman–Crippen MR) is 104 cm³/mol. The van der Waals surface area contributed by atoms with Gasteiger partial charge in [-0.1, -0.05) is 0 Å². The molecule has 1 N–H and O–H groups in total. The molecule has 0 heterocycles. The van der Waals surface area contributed by atoms with E-state index in [0.717, 1.165) is 0 Å². The normalized spacial score (nSPS) is 10.8. The van der Waals surface area contributed by atoms with Crippen LogP contribution in [0, 0.1) is 0 Å². The number of rotatable bonds is 8. The molecule has 1 amide bonds. The molecule has 8 nitrogen and oxygen atoms in total. The summed E-state index contributed by atoms with van der Waals surface area (Å²) in [6, 6.07) is 11.8. The molecule has 2 rings (SSSR count). The summed E-state index contributed by atoms with van der Waals surface area (Å²) in [5, 5.41) is 0. The van der Waals surface area contributed by atoms with E-state index < -0.39 is 16.0 Å². The molecule has 0 aliphatic carbocycles. The van der Waals surface area contributed by atoms with Gasteiger partial charge in [0.15, 0.2) is 6.61 Å². The second kappa shape index (κ2) is 9.23. The van der Waals surface area contributed by atoms with Gasteiger partial charge in [0.2, 0.25) is 0 Å². The molecule has 0 saturated heterocycles. The number of carbonyl (C=O) groups is 2. The van der Waals surface area contributed by atoms with Crippen LogP contribution >= 0.6 is 0 Å². The van der Waals surface area contributed by atoms with Crippen molar-refractivity contribution < 1.29 is 27.5 Å². The number of benzene rings is 2. The maximum Gasteiger partial charge on any atom is 0.338 e. The number of sulfonamides is 1. The summed E-state index contributed by atoms with van der Waals surface area (Å²) < 4.78 is 37.5. The van der Waals surface area contributed by atoms with Crippen molar-refractivity contribution in [2.45, 2.75) is 11.8 Å². The van der Waals surface area contributed by atoms with Crippen molar-refractivity contribution in [2.24, 2.45) is 0 Å². The minimum atomic E-state index is -3.78. The van der Waals surface area contributed by atoms with E-state index in [9.17, 15) is 18.0 Å². The lowest BCUT2D eigenvalue weighted by Crippen LogP contribution is -2.27. The topological polar surface area (TPSA) is 102 Å². The Balaban J connectivity index is 2.02. The SMILES string of the molecule is CCOc1ccc(S(=O)(=O)Nc2ccc(C(=O)OCC(=O)N(C)C)cc2)cc1. The van der Waals surface area contributed by atoms with Crippen molar-refractivity contribution in [1.82, 2.24) is 4.90 Å². The van der Waals surface area contributed by atoms with E-state index in [1.165, 1.54) is 41.3 Å². The summed E-state index contributed by atoms with van der Waals surface area (Å²) >= 11 is 0.